The lowest BCUT2D eigenvalue weighted by Gasteiger charge is -2.38. The van der Waals surface area contributed by atoms with Crippen LogP contribution >= 0.6 is 0 Å². The fourth-order valence-corrected chi connectivity index (χ4v) is 3.23. The summed E-state index contributed by atoms with van der Waals surface area (Å²) in [6.45, 7) is 7.14. The monoisotopic (exact) mass is 261 g/mol. The lowest BCUT2D eigenvalue weighted by molar-refractivity contribution is 0.246. The van der Waals surface area contributed by atoms with Crippen LogP contribution in [0.25, 0.3) is 0 Å². The molecule has 0 saturated carbocycles. The third-order valence-corrected chi connectivity index (χ3v) is 4.53. The average Bonchev–Trinajstić information content (AvgIpc) is 2.41. The lowest BCUT2D eigenvalue weighted by atomic mass is 9.71. The van der Waals surface area contributed by atoms with E-state index in [0.29, 0.717) is 12.1 Å². The van der Waals surface area contributed by atoms with E-state index in [-0.39, 0.29) is 12.0 Å². The van der Waals surface area contributed by atoms with Crippen LogP contribution in [0.1, 0.15) is 63.6 Å². The topological polar surface area (TPSA) is 32.3 Å². The predicted molar refractivity (Wildman–Crippen MR) is 80.4 cm³/mol. The summed E-state index contributed by atoms with van der Waals surface area (Å²) in [6.07, 6.45) is 4.32. The molecular weight excluding hydrogens is 234 g/mol. The normalized spacial score (nSPS) is 22.8. The van der Waals surface area contributed by atoms with E-state index in [2.05, 4.69) is 50.4 Å². The number of nitrogens with one attached hydrogen (secondary N) is 1. The van der Waals surface area contributed by atoms with Gasteiger partial charge in [0.15, 0.2) is 0 Å². The van der Waals surface area contributed by atoms with E-state index < -0.39 is 0 Å². The van der Waals surface area contributed by atoms with Crippen LogP contribution in [0.2, 0.25) is 0 Å². The maximum atomic E-state index is 9.14. The highest BCUT2D eigenvalue weighted by atomic mass is 16.3. The molecule has 0 spiro atoms. The summed E-state index contributed by atoms with van der Waals surface area (Å²) in [7, 11) is 0. The predicted octanol–water partition coefficient (Wildman–Crippen LogP) is 3.55. The number of benzene rings is 1. The third kappa shape index (κ3) is 3.18. The average molecular weight is 261 g/mol. The molecular formula is C17H27NO. The molecule has 0 aliphatic heterocycles. The van der Waals surface area contributed by atoms with Gasteiger partial charge in [0.05, 0.1) is 0 Å². The van der Waals surface area contributed by atoms with Gasteiger partial charge >= 0.3 is 0 Å². The van der Waals surface area contributed by atoms with Gasteiger partial charge in [-0.2, -0.15) is 0 Å². The van der Waals surface area contributed by atoms with Crippen molar-refractivity contribution in [3.8, 4) is 0 Å². The molecule has 2 rings (SSSR count). The lowest BCUT2D eigenvalue weighted by Crippen LogP contribution is -2.38. The zero-order valence-corrected chi connectivity index (χ0v) is 12.4. The molecule has 0 bridgehead atoms. The molecule has 0 heterocycles. The van der Waals surface area contributed by atoms with Crippen molar-refractivity contribution in [2.24, 2.45) is 0 Å². The van der Waals surface area contributed by atoms with Crippen molar-refractivity contribution in [2.45, 2.75) is 64.0 Å². The smallest absolute Gasteiger partial charge is 0.0445 e. The number of fused-ring (bicyclic) bond motifs is 1. The van der Waals surface area contributed by atoms with Gasteiger partial charge in [-0.05, 0) is 42.2 Å². The molecule has 2 atom stereocenters. The van der Waals surface area contributed by atoms with Crippen LogP contribution in [0.4, 0.5) is 0 Å². The molecule has 19 heavy (non-hydrogen) atoms. The molecule has 1 aliphatic carbocycles. The Labute approximate surface area is 117 Å². The first-order valence-corrected chi connectivity index (χ1v) is 7.55. The quantitative estimate of drug-likeness (QED) is 0.849. The summed E-state index contributed by atoms with van der Waals surface area (Å²) in [5.74, 6) is 0. The van der Waals surface area contributed by atoms with E-state index in [1.165, 1.54) is 24.0 Å². The first-order valence-electron chi connectivity index (χ1n) is 7.55. The first kappa shape index (κ1) is 14.5. The van der Waals surface area contributed by atoms with E-state index in [0.717, 1.165) is 12.8 Å². The molecule has 1 aromatic rings. The largest absolute Gasteiger partial charge is 0.396 e. The summed E-state index contributed by atoms with van der Waals surface area (Å²) in [4.78, 5) is 0. The Hall–Kier alpha value is -0.860. The molecule has 2 heteroatoms. The van der Waals surface area contributed by atoms with E-state index in [4.69, 9.17) is 5.11 Å². The summed E-state index contributed by atoms with van der Waals surface area (Å²) < 4.78 is 0. The van der Waals surface area contributed by atoms with Crippen molar-refractivity contribution in [3.63, 3.8) is 0 Å². The van der Waals surface area contributed by atoms with E-state index in [1.807, 2.05) is 0 Å². The zero-order valence-electron chi connectivity index (χ0n) is 12.4. The van der Waals surface area contributed by atoms with Gasteiger partial charge in [-0.3, -0.25) is 0 Å². The van der Waals surface area contributed by atoms with Crippen LogP contribution in [0.15, 0.2) is 24.3 Å². The van der Waals surface area contributed by atoms with Gasteiger partial charge in [0.2, 0.25) is 0 Å². The number of aliphatic hydroxyl groups is 1. The van der Waals surface area contributed by atoms with Crippen LogP contribution in [0.5, 0.6) is 0 Å². The van der Waals surface area contributed by atoms with Gasteiger partial charge in [0.1, 0.15) is 0 Å². The molecule has 0 saturated heterocycles. The SMILES string of the molecule is CCC(CCO)NC1CCC(C)(C)c2ccccc21. The molecule has 2 unspecified atom stereocenters. The van der Waals surface area contributed by atoms with Crippen LogP contribution in [0, 0.1) is 0 Å². The Morgan fingerprint density at radius 3 is 2.79 bits per heavy atom. The van der Waals surface area contributed by atoms with Gasteiger partial charge in [0, 0.05) is 18.7 Å². The van der Waals surface area contributed by atoms with Gasteiger partial charge in [-0.25, -0.2) is 0 Å². The summed E-state index contributed by atoms with van der Waals surface area (Å²) in [5.41, 5.74) is 3.22. The maximum absolute atomic E-state index is 9.14. The Morgan fingerprint density at radius 1 is 1.37 bits per heavy atom. The van der Waals surface area contributed by atoms with Crippen LogP contribution < -0.4 is 5.32 Å². The number of hydrogen-bond donors (Lipinski definition) is 2. The van der Waals surface area contributed by atoms with E-state index in [9.17, 15) is 0 Å². The van der Waals surface area contributed by atoms with E-state index >= 15 is 0 Å². The van der Waals surface area contributed by atoms with Crippen molar-refractivity contribution >= 4 is 0 Å². The van der Waals surface area contributed by atoms with Gasteiger partial charge in [0.25, 0.3) is 0 Å². The minimum absolute atomic E-state index is 0.269. The first-order chi connectivity index (χ1) is 9.08. The number of hydrogen-bond acceptors (Lipinski definition) is 2. The van der Waals surface area contributed by atoms with Crippen molar-refractivity contribution in [3.05, 3.63) is 35.4 Å². The zero-order chi connectivity index (χ0) is 13.9. The Bertz CT molecular complexity index is 413. The molecule has 2 N–H and O–H groups in total. The number of aliphatic hydroxyl groups excluding tert-OH is 1. The summed E-state index contributed by atoms with van der Waals surface area (Å²) in [6, 6.07) is 9.69. The Balaban J connectivity index is 2.20. The third-order valence-electron chi connectivity index (χ3n) is 4.53. The van der Waals surface area contributed by atoms with Crippen molar-refractivity contribution in [1.29, 1.82) is 0 Å². The fourth-order valence-electron chi connectivity index (χ4n) is 3.23. The Morgan fingerprint density at radius 2 is 2.11 bits per heavy atom. The highest BCUT2D eigenvalue weighted by Gasteiger charge is 2.32. The van der Waals surface area contributed by atoms with Gasteiger partial charge in [-0.1, -0.05) is 45.0 Å². The number of rotatable bonds is 5. The van der Waals surface area contributed by atoms with Crippen molar-refractivity contribution < 1.29 is 5.11 Å². The van der Waals surface area contributed by atoms with Crippen LogP contribution in [0.3, 0.4) is 0 Å². The second-order valence-corrected chi connectivity index (χ2v) is 6.35. The van der Waals surface area contributed by atoms with Gasteiger partial charge < -0.3 is 10.4 Å². The van der Waals surface area contributed by atoms with E-state index in [1.54, 1.807) is 0 Å². The maximum Gasteiger partial charge on any atom is 0.0445 e. The van der Waals surface area contributed by atoms with Crippen molar-refractivity contribution in [2.75, 3.05) is 6.61 Å². The fraction of sp³-hybridized carbons (Fsp3) is 0.647. The summed E-state index contributed by atoms with van der Waals surface area (Å²) in [5, 5.41) is 12.9. The molecule has 1 aromatic carbocycles. The second kappa shape index (κ2) is 6.06. The minimum Gasteiger partial charge on any atom is -0.396 e. The molecule has 0 aromatic heterocycles. The molecule has 0 radical (unpaired) electrons. The van der Waals surface area contributed by atoms with Crippen molar-refractivity contribution in [1.82, 2.24) is 5.32 Å². The van der Waals surface area contributed by atoms with Gasteiger partial charge in [-0.15, -0.1) is 0 Å². The Kier molecular flexibility index (Phi) is 4.64. The molecule has 0 fully saturated rings. The van der Waals surface area contributed by atoms with Crippen LogP contribution in [-0.4, -0.2) is 17.8 Å². The van der Waals surface area contributed by atoms with Crippen LogP contribution in [-0.2, 0) is 5.41 Å². The standard InChI is InChI=1S/C17H27NO/c1-4-13(10-12-19)18-16-9-11-17(2,3)15-8-6-5-7-14(15)16/h5-8,13,16,18-19H,4,9-12H2,1-3H3. The molecule has 2 nitrogen and oxygen atoms in total. The minimum atomic E-state index is 0.269. The molecule has 1 aliphatic rings. The highest BCUT2D eigenvalue weighted by molar-refractivity contribution is 5.38. The molecule has 106 valence electrons. The highest BCUT2D eigenvalue weighted by Crippen LogP contribution is 2.41. The summed E-state index contributed by atoms with van der Waals surface area (Å²) >= 11 is 0. The molecule has 0 amide bonds. The second-order valence-electron chi connectivity index (χ2n) is 6.35.